The summed E-state index contributed by atoms with van der Waals surface area (Å²) in [5.41, 5.74) is 1.11. The van der Waals surface area contributed by atoms with E-state index in [0.717, 1.165) is 29.8 Å². The van der Waals surface area contributed by atoms with E-state index in [1.54, 1.807) is 14.2 Å². The minimum atomic E-state index is -0.719. The third kappa shape index (κ3) is 2.94. The maximum atomic E-state index is 6.44. The summed E-state index contributed by atoms with van der Waals surface area (Å²) >= 11 is 0. The lowest BCUT2D eigenvalue weighted by Crippen LogP contribution is -2.44. The molecule has 120 valence electrons. The van der Waals surface area contributed by atoms with Crippen LogP contribution in [0.3, 0.4) is 0 Å². The highest BCUT2D eigenvalue weighted by Gasteiger charge is 2.44. The number of ether oxygens (including phenoxy) is 3. The molecule has 0 spiro atoms. The van der Waals surface area contributed by atoms with Crippen LogP contribution < -0.4 is 4.74 Å². The molecule has 23 heavy (non-hydrogen) atoms. The van der Waals surface area contributed by atoms with Crippen molar-refractivity contribution in [2.75, 3.05) is 20.8 Å². The number of rotatable bonds is 5. The van der Waals surface area contributed by atoms with Crippen LogP contribution in [-0.2, 0) is 15.1 Å². The van der Waals surface area contributed by atoms with E-state index in [1.807, 2.05) is 42.5 Å². The van der Waals surface area contributed by atoms with Crippen molar-refractivity contribution in [3.63, 3.8) is 0 Å². The Kier molecular flexibility index (Phi) is 4.63. The molecule has 2 aromatic carbocycles. The van der Waals surface area contributed by atoms with Crippen LogP contribution in [0.2, 0.25) is 0 Å². The molecule has 1 atom stereocenters. The molecule has 0 radical (unpaired) electrons. The molecule has 0 N–H and O–H groups in total. The van der Waals surface area contributed by atoms with Gasteiger partial charge < -0.3 is 14.2 Å². The van der Waals surface area contributed by atoms with Crippen LogP contribution in [0, 0.1) is 0 Å². The summed E-state index contributed by atoms with van der Waals surface area (Å²) in [6.45, 7) is 0.663. The predicted octanol–water partition coefficient (Wildman–Crippen LogP) is 4.08. The summed E-state index contributed by atoms with van der Waals surface area (Å²) in [7, 11) is 3.35. The Bertz CT molecular complexity index is 684. The average molecular weight is 311 g/mol. The van der Waals surface area contributed by atoms with Gasteiger partial charge in [0.15, 0.2) is 0 Å². The molecule has 0 aromatic heterocycles. The first-order valence-corrected chi connectivity index (χ1v) is 7.76. The minimum Gasteiger partial charge on any atom is -0.481 e. The monoisotopic (exact) mass is 311 g/mol. The molecule has 2 aromatic rings. The number of methoxy groups -OCH3 is 2. The number of hydrogen-bond donors (Lipinski definition) is 0. The van der Waals surface area contributed by atoms with E-state index in [4.69, 9.17) is 19.2 Å². The van der Waals surface area contributed by atoms with Crippen molar-refractivity contribution in [2.24, 2.45) is 4.99 Å². The smallest absolute Gasteiger partial charge is 0.238 e. The molecule has 4 nitrogen and oxygen atoms in total. The lowest BCUT2D eigenvalue weighted by Gasteiger charge is -2.37. The van der Waals surface area contributed by atoms with Crippen molar-refractivity contribution in [3.05, 3.63) is 60.2 Å². The quantitative estimate of drug-likeness (QED) is 0.781. The van der Waals surface area contributed by atoms with Crippen LogP contribution >= 0.6 is 0 Å². The largest absolute Gasteiger partial charge is 0.481 e. The third-order valence-electron chi connectivity index (χ3n) is 4.03. The molecule has 0 amide bonds. The van der Waals surface area contributed by atoms with Crippen molar-refractivity contribution in [1.82, 2.24) is 0 Å². The lowest BCUT2D eigenvalue weighted by molar-refractivity contribution is 0.0828. The first-order valence-electron chi connectivity index (χ1n) is 7.76. The average Bonchev–Trinajstić information content (AvgIpc) is 2.62. The van der Waals surface area contributed by atoms with Gasteiger partial charge in [-0.05, 0) is 18.6 Å². The molecule has 4 heteroatoms. The van der Waals surface area contributed by atoms with Crippen LogP contribution in [0.25, 0.3) is 0 Å². The predicted molar refractivity (Wildman–Crippen MR) is 90.4 cm³/mol. The summed E-state index contributed by atoms with van der Waals surface area (Å²) in [6.07, 6.45) is 1.57. The fraction of sp³-hybridized carbons (Fsp3) is 0.316. The first-order chi connectivity index (χ1) is 11.3. The Labute approximate surface area is 136 Å². The number of aliphatic imine (C=N–C) groups is 1. The van der Waals surface area contributed by atoms with Crippen LogP contribution in [0.15, 0.2) is 59.6 Å². The molecular weight excluding hydrogens is 290 g/mol. The Hall–Kier alpha value is -2.33. The molecule has 0 saturated carbocycles. The molecule has 0 fully saturated rings. The van der Waals surface area contributed by atoms with Crippen molar-refractivity contribution in [2.45, 2.75) is 18.4 Å². The van der Waals surface area contributed by atoms with Gasteiger partial charge >= 0.3 is 0 Å². The van der Waals surface area contributed by atoms with E-state index in [9.17, 15) is 0 Å². The molecule has 0 aliphatic carbocycles. The Balaban J connectivity index is 2.08. The van der Waals surface area contributed by atoms with Gasteiger partial charge in [-0.2, -0.15) is 0 Å². The molecule has 1 aliphatic rings. The number of fused-ring (bicyclic) bond motifs is 1. The Morgan fingerprint density at radius 3 is 2.48 bits per heavy atom. The molecule has 0 unspecified atom stereocenters. The fourth-order valence-corrected chi connectivity index (χ4v) is 2.93. The van der Waals surface area contributed by atoms with Gasteiger partial charge in [-0.25, -0.2) is 4.99 Å². The fourth-order valence-electron chi connectivity index (χ4n) is 2.93. The lowest BCUT2D eigenvalue weighted by atomic mass is 9.87. The Morgan fingerprint density at radius 2 is 1.74 bits per heavy atom. The van der Waals surface area contributed by atoms with E-state index < -0.39 is 5.60 Å². The number of para-hydroxylation sites is 2. The third-order valence-corrected chi connectivity index (χ3v) is 4.03. The molecule has 1 heterocycles. The summed E-state index contributed by atoms with van der Waals surface area (Å²) in [6, 6.07) is 17.9. The first kappa shape index (κ1) is 15.6. The van der Waals surface area contributed by atoms with Crippen molar-refractivity contribution in [1.29, 1.82) is 0 Å². The topological polar surface area (TPSA) is 40.0 Å². The van der Waals surface area contributed by atoms with Gasteiger partial charge in [-0.3, -0.25) is 0 Å². The van der Waals surface area contributed by atoms with Gasteiger partial charge in [0, 0.05) is 25.7 Å². The van der Waals surface area contributed by atoms with Crippen LogP contribution in [0.1, 0.15) is 18.4 Å². The second kappa shape index (κ2) is 6.84. The Morgan fingerprint density at radius 1 is 1.00 bits per heavy atom. The van der Waals surface area contributed by atoms with E-state index in [-0.39, 0.29) is 0 Å². The number of nitrogens with zero attached hydrogens (tertiary/aromatic N) is 1. The van der Waals surface area contributed by atoms with E-state index in [1.165, 1.54) is 0 Å². The van der Waals surface area contributed by atoms with E-state index in [0.29, 0.717) is 12.5 Å². The molecule has 1 aliphatic heterocycles. The zero-order valence-corrected chi connectivity index (χ0v) is 13.5. The van der Waals surface area contributed by atoms with Crippen LogP contribution in [-0.4, -0.2) is 26.7 Å². The maximum absolute atomic E-state index is 6.44. The van der Waals surface area contributed by atoms with Gasteiger partial charge in [0.25, 0.3) is 0 Å². The second-order valence-corrected chi connectivity index (χ2v) is 5.48. The van der Waals surface area contributed by atoms with Crippen molar-refractivity contribution >= 4 is 11.6 Å². The summed E-state index contributed by atoms with van der Waals surface area (Å²) < 4.78 is 17.3. The molecular formula is C19H21NO3. The number of benzene rings is 2. The normalized spacial score (nSPS) is 19.5. The standard InChI is InChI=1S/C19H21NO3/c1-21-14-8-13-19(15-9-4-3-5-10-15)18(22-2)20-16-11-6-7-12-17(16)23-19/h3-7,9-12H,8,13-14H2,1-2H3/t19-/m0/s1. The van der Waals surface area contributed by atoms with E-state index in [2.05, 4.69) is 12.1 Å². The van der Waals surface area contributed by atoms with Gasteiger partial charge in [-0.1, -0.05) is 42.5 Å². The highest BCUT2D eigenvalue weighted by atomic mass is 16.6. The van der Waals surface area contributed by atoms with Crippen LogP contribution in [0.5, 0.6) is 5.75 Å². The summed E-state index contributed by atoms with van der Waals surface area (Å²) in [4.78, 5) is 4.70. The van der Waals surface area contributed by atoms with Crippen LogP contribution in [0.4, 0.5) is 5.69 Å². The minimum absolute atomic E-state index is 0.582. The second-order valence-electron chi connectivity index (χ2n) is 5.48. The summed E-state index contributed by atoms with van der Waals surface area (Å²) in [5.74, 6) is 1.35. The van der Waals surface area contributed by atoms with Gasteiger partial charge in [0.2, 0.25) is 11.5 Å². The highest BCUT2D eigenvalue weighted by Crippen LogP contribution is 2.43. The van der Waals surface area contributed by atoms with E-state index >= 15 is 0 Å². The van der Waals surface area contributed by atoms with Crippen molar-refractivity contribution in [3.8, 4) is 5.75 Å². The SMILES string of the molecule is COCCC[C@@]1(c2ccccc2)Oc2ccccc2N=C1OC. The zero-order valence-electron chi connectivity index (χ0n) is 13.5. The molecule has 0 saturated heterocycles. The molecule has 0 bridgehead atoms. The van der Waals surface area contributed by atoms with Gasteiger partial charge in [-0.15, -0.1) is 0 Å². The number of hydrogen-bond acceptors (Lipinski definition) is 4. The van der Waals surface area contributed by atoms with Gasteiger partial charge in [0.1, 0.15) is 11.4 Å². The summed E-state index contributed by atoms with van der Waals surface area (Å²) in [5, 5.41) is 0. The highest BCUT2D eigenvalue weighted by molar-refractivity contribution is 5.91. The zero-order chi connectivity index (χ0) is 16.1. The maximum Gasteiger partial charge on any atom is 0.238 e. The molecule has 3 rings (SSSR count). The van der Waals surface area contributed by atoms with Gasteiger partial charge in [0.05, 0.1) is 7.11 Å². The van der Waals surface area contributed by atoms with Crippen molar-refractivity contribution < 1.29 is 14.2 Å².